The van der Waals surface area contributed by atoms with Crippen LogP contribution >= 0.6 is 0 Å². The van der Waals surface area contributed by atoms with E-state index in [1.54, 1.807) is 0 Å². The number of benzene rings is 13. The van der Waals surface area contributed by atoms with Crippen molar-refractivity contribution in [3.05, 3.63) is 237 Å². The van der Waals surface area contributed by atoms with Crippen LogP contribution in [0.4, 0.5) is 0 Å². The monoisotopic (exact) mass is 861 g/mol. The maximum atomic E-state index is 5.37. The van der Waals surface area contributed by atoms with Crippen LogP contribution in [0.2, 0.25) is 0 Å². The third kappa shape index (κ3) is 6.25. The van der Waals surface area contributed by atoms with Gasteiger partial charge in [-0.15, -0.1) is 0 Å². The number of hydrogen-bond acceptors (Lipinski definition) is 3. The van der Waals surface area contributed by atoms with Crippen molar-refractivity contribution in [2.24, 2.45) is 0 Å². The first-order valence-corrected chi connectivity index (χ1v) is 23.2. The SMILES string of the molecule is c1ccc(-c2ccc(-c3nc(-c4ccc(-c5ccccc5)cc4)nc(-c4cc(-c5ccc6ccc7cccc8ccc5c6c78)cc(-c5ccc6ccc7cccc8ccc5c6c78)c4)n3)cc2)cc1. The van der Waals surface area contributed by atoms with Gasteiger partial charge in [0, 0.05) is 16.7 Å². The molecule has 314 valence electrons. The van der Waals surface area contributed by atoms with Gasteiger partial charge in [0.1, 0.15) is 0 Å². The lowest BCUT2D eigenvalue weighted by atomic mass is 9.86. The molecule has 68 heavy (non-hydrogen) atoms. The van der Waals surface area contributed by atoms with Crippen molar-refractivity contribution in [3.63, 3.8) is 0 Å². The van der Waals surface area contributed by atoms with Crippen LogP contribution in [0.15, 0.2) is 237 Å². The molecule has 1 heterocycles. The van der Waals surface area contributed by atoms with Gasteiger partial charge in [-0.3, -0.25) is 0 Å². The van der Waals surface area contributed by atoms with Crippen LogP contribution in [0.3, 0.4) is 0 Å². The summed E-state index contributed by atoms with van der Waals surface area (Å²) >= 11 is 0. The Hall–Kier alpha value is -9.05. The summed E-state index contributed by atoms with van der Waals surface area (Å²) in [4.78, 5) is 16.0. The van der Waals surface area contributed by atoms with E-state index >= 15 is 0 Å². The molecular formula is C65H39N3. The summed E-state index contributed by atoms with van der Waals surface area (Å²) in [5, 5.41) is 15.1. The van der Waals surface area contributed by atoms with Gasteiger partial charge in [0.2, 0.25) is 0 Å². The first-order valence-electron chi connectivity index (χ1n) is 23.2. The highest BCUT2D eigenvalue weighted by molar-refractivity contribution is 6.27. The smallest absolute Gasteiger partial charge is 0.164 e. The highest BCUT2D eigenvalue weighted by Crippen LogP contribution is 2.44. The molecule has 0 saturated carbocycles. The lowest BCUT2D eigenvalue weighted by Gasteiger charge is -2.18. The molecule has 14 rings (SSSR count). The zero-order valence-corrected chi connectivity index (χ0v) is 36.9. The molecule has 0 aliphatic rings. The van der Waals surface area contributed by atoms with Crippen LogP contribution in [0.25, 0.3) is 143 Å². The average molecular weight is 862 g/mol. The summed E-state index contributed by atoms with van der Waals surface area (Å²) in [5.74, 6) is 1.85. The molecule has 1 aromatic heterocycles. The van der Waals surface area contributed by atoms with Gasteiger partial charge in [-0.25, -0.2) is 15.0 Å². The third-order valence-corrected chi connectivity index (χ3v) is 14.0. The second kappa shape index (κ2) is 15.3. The van der Waals surface area contributed by atoms with Gasteiger partial charge in [-0.05, 0) is 127 Å². The second-order valence-corrected chi connectivity index (χ2v) is 17.9. The Morgan fingerprint density at radius 3 is 0.912 bits per heavy atom. The van der Waals surface area contributed by atoms with Crippen molar-refractivity contribution in [2.45, 2.75) is 0 Å². The van der Waals surface area contributed by atoms with Crippen molar-refractivity contribution < 1.29 is 0 Å². The van der Waals surface area contributed by atoms with Gasteiger partial charge in [0.25, 0.3) is 0 Å². The molecule has 14 aromatic rings. The molecule has 13 aromatic carbocycles. The predicted molar refractivity (Wildman–Crippen MR) is 285 cm³/mol. The minimum Gasteiger partial charge on any atom is -0.208 e. The molecule has 0 saturated heterocycles. The van der Waals surface area contributed by atoms with E-state index in [9.17, 15) is 0 Å². The molecule has 0 fully saturated rings. The van der Waals surface area contributed by atoms with Crippen molar-refractivity contribution in [1.82, 2.24) is 15.0 Å². The topological polar surface area (TPSA) is 38.7 Å². The molecule has 3 nitrogen and oxygen atoms in total. The Bertz CT molecular complexity index is 3920. The van der Waals surface area contributed by atoms with Crippen LogP contribution in [-0.2, 0) is 0 Å². The first kappa shape index (κ1) is 38.2. The van der Waals surface area contributed by atoms with Gasteiger partial charge in [0.05, 0.1) is 0 Å². The summed E-state index contributed by atoms with van der Waals surface area (Å²) in [6.07, 6.45) is 0. The minimum atomic E-state index is 0.614. The Kier molecular flexibility index (Phi) is 8.59. The van der Waals surface area contributed by atoms with Crippen molar-refractivity contribution in [1.29, 1.82) is 0 Å². The van der Waals surface area contributed by atoms with Gasteiger partial charge in [-0.2, -0.15) is 0 Å². The molecule has 0 N–H and O–H groups in total. The zero-order chi connectivity index (χ0) is 44.7. The van der Waals surface area contributed by atoms with E-state index in [2.05, 4.69) is 224 Å². The Labute approximate surface area is 393 Å². The van der Waals surface area contributed by atoms with Crippen LogP contribution < -0.4 is 0 Å². The predicted octanol–water partition coefficient (Wildman–Crippen LogP) is 17.3. The second-order valence-electron chi connectivity index (χ2n) is 17.9. The first-order chi connectivity index (χ1) is 33.7. The molecule has 0 radical (unpaired) electrons. The largest absolute Gasteiger partial charge is 0.208 e. The molecule has 0 unspecified atom stereocenters. The summed E-state index contributed by atoms with van der Waals surface area (Å²) < 4.78 is 0. The third-order valence-electron chi connectivity index (χ3n) is 14.0. The zero-order valence-electron chi connectivity index (χ0n) is 36.9. The van der Waals surface area contributed by atoms with E-state index in [0.717, 1.165) is 50.1 Å². The molecule has 0 atom stereocenters. The highest BCUT2D eigenvalue weighted by atomic mass is 15.0. The minimum absolute atomic E-state index is 0.614. The van der Waals surface area contributed by atoms with E-state index in [0.29, 0.717) is 17.5 Å². The van der Waals surface area contributed by atoms with Gasteiger partial charge in [0.15, 0.2) is 17.5 Å². The van der Waals surface area contributed by atoms with Crippen LogP contribution in [0, 0.1) is 0 Å². The Morgan fingerprint density at radius 1 is 0.191 bits per heavy atom. The molecule has 0 aliphatic heterocycles. The molecule has 0 bridgehead atoms. The van der Waals surface area contributed by atoms with Crippen LogP contribution in [0.1, 0.15) is 0 Å². The normalized spacial score (nSPS) is 11.8. The fraction of sp³-hybridized carbons (Fsp3) is 0. The lowest BCUT2D eigenvalue weighted by molar-refractivity contribution is 1.07. The lowest BCUT2D eigenvalue weighted by Crippen LogP contribution is -2.01. The van der Waals surface area contributed by atoms with E-state index in [-0.39, 0.29) is 0 Å². The summed E-state index contributed by atoms with van der Waals surface area (Å²) in [7, 11) is 0. The van der Waals surface area contributed by atoms with Gasteiger partial charge in [-0.1, -0.05) is 218 Å². The Balaban J connectivity index is 1.01. The van der Waals surface area contributed by atoms with E-state index in [1.165, 1.54) is 75.8 Å². The summed E-state index contributed by atoms with van der Waals surface area (Å²) in [6, 6.07) is 85.5. The van der Waals surface area contributed by atoms with Gasteiger partial charge >= 0.3 is 0 Å². The summed E-state index contributed by atoms with van der Waals surface area (Å²) in [5.41, 5.74) is 11.9. The fourth-order valence-electron chi connectivity index (χ4n) is 10.7. The highest BCUT2D eigenvalue weighted by Gasteiger charge is 2.20. The van der Waals surface area contributed by atoms with Gasteiger partial charge < -0.3 is 0 Å². The van der Waals surface area contributed by atoms with E-state index < -0.39 is 0 Å². The number of nitrogens with zero attached hydrogens (tertiary/aromatic N) is 3. The molecule has 3 heteroatoms. The van der Waals surface area contributed by atoms with Crippen molar-refractivity contribution in [3.8, 4) is 78.7 Å². The maximum Gasteiger partial charge on any atom is 0.164 e. The molecular weight excluding hydrogens is 823 g/mol. The molecule has 0 amide bonds. The standard InChI is InChI=1S/C65H39N3/c1-3-9-40(10-4-1)42-17-25-50(26-18-42)63-66-64(51-27-19-43(20-28-51)41-11-5-2-6-12-41)68-65(67-63)54-38-52(55-33-29-48-23-21-44-13-7-15-46-31-35-57(55)61(48)59(44)46)37-53(39-54)56-34-30-49-24-22-45-14-8-16-47-32-36-58(56)62(49)60(45)47/h1-39H. The van der Waals surface area contributed by atoms with Crippen molar-refractivity contribution in [2.75, 3.05) is 0 Å². The summed E-state index contributed by atoms with van der Waals surface area (Å²) in [6.45, 7) is 0. The van der Waals surface area contributed by atoms with E-state index in [1.807, 2.05) is 12.1 Å². The maximum absolute atomic E-state index is 5.37. The number of hydrogen-bond donors (Lipinski definition) is 0. The average Bonchev–Trinajstić information content (AvgIpc) is 3.42. The van der Waals surface area contributed by atoms with Crippen molar-refractivity contribution >= 4 is 64.6 Å². The van der Waals surface area contributed by atoms with Crippen LogP contribution in [0.5, 0.6) is 0 Å². The number of rotatable bonds is 7. The quantitative estimate of drug-likeness (QED) is 0.150. The van der Waals surface area contributed by atoms with Crippen LogP contribution in [-0.4, -0.2) is 15.0 Å². The fourth-order valence-corrected chi connectivity index (χ4v) is 10.7. The molecule has 0 spiro atoms. The molecule has 0 aliphatic carbocycles. The number of aromatic nitrogens is 3. The van der Waals surface area contributed by atoms with E-state index in [4.69, 9.17) is 15.0 Å². The Morgan fingerprint density at radius 2 is 0.500 bits per heavy atom.